The molecule has 168 valence electrons. The molecule has 0 bridgehead atoms. The first-order valence-electron chi connectivity index (χ1n) is 13.1. The lowest BCUT2D eigenvalue weighted by atomic mass is 9.72. The Kier molecular flexibility index (Phi) is 8.16. The third kappa shape index (κ3) is 6.64. The molecule has 2 fully saturated rings. The van der Waals surface area contributed by atoms with Crippen molar-refractivity contribution in [2.24, 2.45) is 23.7 Å². The number of rotatable bonds is 8. The van der Waals surface area contributed by atoms with Gasteiger partial charge in [0.1, 0.15) is 0 Å². The zero-order valence-electron chi connectivity index (χ0n) is 19.9. The predicted molar refractivity (Wildman–Crippen MR) is 130 cm³/mol. The lowest BCUT2D eigenvalue weighted by Crippen LogP contribution is -2.22. The van der Waals surface area contributed by atoms with Crippen molar-refractivity contribution in [1.82, 2.24) is 9.97 Å². The molecule has 2 nitrogen and oxygen atoms in total. The van der Waals surface area contributed by atoms with Crippen molar-refractivity contribution in [3.63, 3.8) is 0 Å². The quantitative estimate of drug-likeness (QED) is 0.446. The van der Waals surface area contributed by atoms with E-state index in [2.05, 4.69) is 50.5 Å². The highest BCUT2D eigenvalue weighted by Gasteiger charge is 2.27. The zero-order chi connectivity index (χ0) is 21.5. The maximum absolute atomic E-state index is 4.70. The van der Waals surface area contributed by atoms with Gasteiger partial charge in [0.15, 0.2) is 0 Å². The number of hydrogen-bond donors (Lipinski definition) is 0. The van der Waals surface area contributed by atoms with Gasteiger partial charge in [0.2, 0.25) is 0 Å². The van der Waals surface area contributed by atoms with Gasteiger partial charge >= 0.3 is 0 Å². The fourth-order valence-corrected chi connectivity index (χ4v) is 5.98. The summed E-state index contributed by atoms with van der Waals surface area (Å²) in [5, 5.41) is 0. The van der Waals surface area contributed by atoms with Gasteiger partial charge in [-0.25, -0.2) is 0 Å². The molecule has 2 aromatic heterocycles. The highest BCUT2D eigenvalue weighted by Crippen LogP contribution is 2.39. The molecule has 0 spiro atoms. The SMILES string of the molecule is CCc1ccc(CC2CCC(CC3CCC(Cc4ccc(CC)cn4)CC3)CC2)nc1. The second-order valence-corrected chi connectivity index (χ2v) is 10.4. The number of pyridine rings is 2. The van der Waals surface area contributed by atoms with E-state index in [-0.39, 0.29) is 0 Å². The number of aromatic nitrogens is 2. The lowest BCUT2D eigenvalue weighted by Gasteiger charge is -2.34. The van der Waals surface area contributed by atoms with Gasteiger partial charge in [0.25, 0.3) is 0 Å². The average molecular weight is 419 g/mol. The highest BCUT2D eigenvalue weighted by atomic mass is 14.7. The fraction of sp³-hybridized carbons (Fsp3) is 0.655. The molecule has 2 heterocycles. The van der Waals surface area contributed by atoms with Crippen LogP contribution in [0, 0.1) is 23.7 Å². The van der Waals surface area contributed by atoms with E-state index in [1.165, 1.54) is 93.1 Å². The summed E-state index contributed by atoms with van der Waals surface area (Å²) in [7, 11) is 0. The third-order valence-electron chi connectivity index (χ3n) is 8.18. The number of nitrogens with zero attached hydrogens (tertiary/aromatic N) is 2. The molecule has 2 saturated carbocycles. The largest absolute Gasteiger partial charge is 0.261 e. The summed E-state index contributed by atoms with van der Waals surface area (Å²) in [4.78, 5) is 9.39. The van der Waals surface area contributed by atoms with Gasteiger partial charge in [-0.3, -0.25) is 9.97 Å². The standard InChI is InChI=1S/C29H42N2/c1-3-22-13-15-28(30-20-22)18-26-9-5-24(6-10-26)17-25-7-11-27(12-8-25)19-29-16-14-23(4-2)21-31-29/h13-16,20-21,24-27H,3-12,17-19H2,1-2H3. The van der Waals surface area contributed by atoms with Crippen molar-refractivity contribution in [3.8, 4) is 0 Å². The van der Waals surface area contributed by atoms with Gasteiger partial charge in [-0.05, 0) is 105 Å². The van der Waals surface area contributed by atoms with Crippen molar-refractivity contribution in [2.75, 3.05) is 0 Å². The molecule has 2 aliphatic carbocycles. The molecule has 0 atom stereocenters. The van der Waals surface area contributed by atoms with Gasteiger partial charge in [0.05, 0.1) is 0 Å². The van der Waals surface area contributed by atoms with Crippen molar-refractivity contribution in [1.29, 1.82) is 0 Å². The van der Waals surface area contributed by atoms with Crippen molar-refractivity contribution >= 4 is 0 Å². The topological polar surface area (TPSA) is 25.8 Å². The fourth-order valence-electron chi connectivity index (χ4n) is 5.98. The summed E-state index contributed by atoms with van der Waals surface area (Å²) in [6.45, 7) is 4.40. The van der Waals surface area contributed by atoms with E-state index in [0.717, 1.165) is 36.5 Å². The van der Waals surface area contributed by atoms with E-state index < -0.39 is 0 Å². The molecule has 0 aliphatic heterocycles. The molecular formula is C29H42N2. The number of hydrogen-bond acceptors (Lipinski definition) is 2. The van der Waals surface area contributed by atoms with Gasteiger partial charge in [-0.2, -0.15) is 0 Å². The number of aryl methyl sites for hydroxylation is 2. The first kappa shape index (κ1) is 22.5. The Morgan fingerprint density at radius 1 is 0.581 bits per heavy atom. The minimum atomic E-state index is 0.860. The molecule has 0 N–H and O–H groups in total. The second kappa shape index (κ2) is 11.2. The van der Waals surface area contributed by atoms with E-state index in [1.807, 2.05) is 0 Å². The summed E-state index contributed by atoms with van der Waals surface area (Å²) in [5.74, 6) is 3.69. The van der Waals surface area contributed by atoms with Crippen molar-refractivity contribution in [3.05, 3.63) is 59.2 Å². The molecule has 0 saturated heterocycles. The van der Waals surface area contributed by atoms with E-state index in [9.17, 15) is 0 Å². The minimum absolute atomic E-state index is 0.860. The van der Waals surface area contributed by atoms with Crippen LogP contribution < -0.4 is 0 Å². The third-order valence-corrected chi connectivity index (χ3v) is 8.18. The first-order chi connectivity index (χ1) is 15.2. The lowest BCUT2D eigenvalue weighted by molar-refractivity contribution is 0.190. The van der Waals surface area contributed by atoms with E-state index >= 15 is 0 Å². The Morgan fingerprint density at radius 2 is 0.968 bits per heavy atom. The molecule has 0 unspecified atom stereocenters. The van der Waals surface area contributed by atoms with Crippen LogP contribution in [-0.2, 0) is 25.7 Å². The summed E-state index contributed by atoms with van der Waals surface area (Å²) in [6, 6.07) is 9.05. The van der Waals surface area contributed by atoms with Crippen LogP contribution in [-0.4, -0.2) is 9.97 Å². The summed E-state index contributed by atoms with van der Waals surface area (Å²) < 4.78 is 0. The smallest absolute Gasteiger partial charge is 0.0406 e. The molecule has 0 radical (unpaired) electrons. The molecule has 2 aliphatic rings. The van der Waals surface area contributed by atoms with Gasteiger partial charge in [0, 0.05) is 23.8 Å². The Balaban J connectivity index is 1.14. The molecule has 4 rings (SSSR count). The van der Waals surface area contributed by atoms with Gasteiger partial charge in [-0.1, -0.05) is 51.7 Å². The normalized spacial score (nSPS) is 26.6. The van der Waals surface area contributed by atoms with Crippen LogP contribution in [0.3, 0.4) is 0 Å². The van der Waals surface area contributed by atoms with Crippen LogP contribution in [0.2, 0.25) is 0 Å². The zero-order valence-corrected chi connectivity index (χ0v) is 19.9. The Labute approximate surface area is 190 Å². The van der Waals surface area contributed by atoms with E-state index in [1.54, 1.807) is 0 Å². The Hall–Kier alpha value is -1.70. The molecule has 0 aromatic carbocycles. The van der Waals surface area contributed by atoms with Crippen molar-refractivity contribution < 1.29 is 0 Å². The maximum atomic E-state index is 4.70. The van der Waals surface area contributed by atoms with Crippen LogP contribution in [0.4, 0.5) is 0 Å². The monoisotopic (exact) mass is 418 g/mol. The minimum Gasteiger partial charge on any atom is -0.261 e. The van der Waals surface area contributed by atoms with E-state index in [0.29, 0.717) is 0 Å². The Bertz CT molecular complexity index is 696. The van der Waals surface area contributed by atoms with Crippen molar-refractivity contribution in [2.45, 2.75) is 97.3 Å². The molecule has 2 heteroatoms. The van der Waals surface area contributed by atoms with Crippen LogP contribution in [0.25, 0.3) is 0 Å². The summed E-state index contributed by atoms with van der Waals surface area (Å²) in [5.41, 5.74) is 5.32. The maximum Gasteiger partial charge on any atom is 0.0406 e. The summed E-state index contributed by atoms with van der Waals surface area (Å²) in [6.07, 6.45) is 21.7. The van der Waals surface area contributed by atoms with Crippen LogP contribution in [0.15, 0.2) is 36.7 Å². The average Bonchev–Trinajstić information content (AvgIpc) is 2.82. The van der Waals surface area contributed by atoms with Gasteiger partial charge < -0.3 is 0 Å². The second-order valence-electron chi connectivity index (χ2n) is 10.4. The molecule has 2 aromatic rings. The van der Waals surface area contributed by atoms with Crippen LogP contribution in [0.1, 0.15) is 94.1 Å². The molecule has 31 heavy (non-hydrogen) atoms. The van der Waals surface area contributed by atoms with Gasteiger partial charge in [-0.15, -0.1) is 0 Å². The highest BCUT2D eigenvalue weighted by molar-refractivity contribution is 5.15. The summed E-state index contributed by atoms with van der Waals surface area (Å²) >= 11 is 0. The first-order valence-corrected chi connectivity index (χ1v) is 13.1. The molecular weight excluding hydrogens is 376 g/mol. The Morgan fingerprint density at radius 3 is 1.29 bits per heavy atom. The molecule has 0 amide bonds. The predicted octanol–water partition coefficient (Wildman–Crippen LogP) is 7.39. The van der Waals surface area contributed by atoms with Crippen LogP contribution in [0.5, 0.6) is 0 Å². The van der Waals surface area contributed by atoms with E-state index in [4.69, 9.17) is 9.97 Å². The van der Waals surface area contributed by atoms with Crippen LogP contribution >= 0.6 is 0 Å².